The van der Waals surface area contributed by atoms with Crippen molar-refractivity contribution in [1.29, 1.82) is 0 Å². The van der Waals surface area contributed by atoms with Crippen LogP contribution in [0.1, 0.15) is 52.7 Å². The molecule has 0 bridgehead atoms. The highest BCUT2D eigenvalue weighted by Gasteiger charge is 2.26. The minimum absolute atomic E-state index is 0.00577. The van der Waals surface area contributed by atoms with Crippen molar-refractivity contribution in [2.24, 2.45) is 0 Å². The monoisotopic (exact) mass is 751 g/mol. The molecule has 0 unspecified atom stereocenters. The number of benzene rings is 7. The van der Waals surface area contributed by atoms with Gasteiger partial charge in [0.25, 0.3) is 0 Å². The zero-order chi connectivity index (χ0) is 39.8. The Morgan fingerprint density at radius 1 is 0.379 bits per heavy atom. The van der Waals surface area contributed by atoms with Gasteiger partial charge in [-0.1, -0.05) is 163 Å². The van der Waals surface area contributed by atoms with Crippen LogP contribution < -0.4 is 0 Å². The van der Waals surface area contributed by atoms with E-state index in [9.17, 15) is 0 Å². The van der Waals surface area contributed by atoms with Crippen molar-refractivity contribution in [3.63, 3.8) is 0 Å². The third kappa shape index (κ3) is 5.97. The summed E-state index contributed by atoms with van der Waals surface area (Å²) in [6.07, 6.45) is 0. The maximum Gasteiger partial charge on any atom is 0.238 e. The standard InChI is InChI=1S/C53H45N5/c1-52(2,3)38-26-29-44-42(32-38)41-28-31-46-47(48(41)57(44)40-20-14-9-15-21-40)43-33-39(53(4,5)6)27-30-45(43)58(46)51-55-49(36-18-12-8-13-19-36)54-50(56-51)37-24-22-35(23-25-37)34-16-10-7-11-17-34/h7-33H,1-6H3. The highest BCUT2D eigenvalue weighted by Crippen LogP contribution is 2.44. The molecule has 10 rings (SSSR count). The van der Waals surface area contributed by atoms with Crippen LogP contribution in [0.4, 0.5) is 0 Å². The summed E-state index contributed by atoms with van der Waals surface area (Å²) in [7, 11) is 0. The molecular formula is C53H45N5. The van der Waals surface area contributed by atoms with Crippen LogP contribution in [0.25, 0.3) is 89.2 Å². The van der Waals surface area contributed by atoms with Gasteiger partial charge < -0.3 is 4.57 Å². The van der Waals surface area contributed by atoms with Crippen molar-refractivity contribution in [3.05, 3.63) is 175 Å². The number of hydrogen-bond acceptors (Lipinski definition) is 3. The molecule has 5 nitrogen and oxygen atoms in total. The number of rotatable bonds is 5. The van der Waals surface area contributed by atoms with Gasteiger partial charge in [-0.2, -0.15) is 9.97 Å². The van der Waals surface area contributed by atoms with Gasteiger partial charge in [-0.05, 0) is 75.5 Å². The molecule has 0 aliphatic heterocycles. The lowest BCUT2D eigenvalue weighted by atomic mass is 9.86. The molecular weight excluding hydrogens is 707 g/mol. The molecule has 0 amide bonds. The van der Waals surface area contributed by atoms with E-state index in [2.05, 4.69) is 190 Å². The van der Waals surface area contributed by atoms with E-state index in [1.807, 2.05) is 24.3 Å². The molecule has 3 heterocycles. The van der Waals surface area contributed by atoms with Crippen LogP contribution in [-0.4, -0.2) is 24.1 Å². The first-order chi connectivity index (χ1) is 28.0. The first kappa shape index (κ1) is 35.6. The van der Waals surface area contributed by atoms with Crippen molar-refractivity contribution in [2.75, 3.05) is 0 Å². The van der Waals surface area contributed by atoms with Crippen LogP contribution in [0.5, 0.6) is 0 Å². The predicted molar refractivity (Wildman–Crippen MR) is 242 cm³/mol. The fraction of sp³-hybridized carbons (Fsp3) is 0.151. The van der Waals surface area contributed by atoms with Crippen molar-refractivity contribution in [2.45, 2.75) is 52.4 Å². The van der Waals surface area contributed by atoms with Crippen molar-refractivity contribution >= 4 is 43.6 Å². The lowest BCUT2D eigenvalue weighted by Crippen LogP contribution is -2.10. The average Bonchev–Trinajstić information content (AvgIpc) is 3.76. The molecule has 0 saturated heterocycles. The van der Waals surface area contributed by atoms with Gasteiger partial charge in [0.2, 0.25) is 5.95 Å². The van der Waals surface area contributed by atoms with Crippen LogP contribution >= 0.6 is 0 Å². The Morgan fingerprint density at radius 2 is 0.845 bits per heavy atom. The lowest BCUT2D eigenvalue weighted by molar-refractivity contribution is 0.591. The molecule has 7 aromatic carbocycles. The molecule has 10 aromatic rings. The summed E-state index contributed by atoms with van der Waals surface area (Å²) >= 11 is 0. The normalized spacial score (nSPS) is 12.3. The molecule has 0 radical (unpaired) electrons. The average molecular weight is 752 g/mol. The van der Waals surface area contributed by atoms with Gasteiger partial charge in [-0.3, -0.25) is 4.57 Å². The Bertz CT molecular complexity index is 3140. The fourth-order valence-electron chi connectivity index (χ4n) is 8.36. The molecule has 0 spiro atoms. The lowest BCUT2D eigenvalue weighted by Gasteiger charge is -2.19. The number of hydrogen-bond donors (Lipinski definition) is 0. The topological polar surface area (TPSA) is 48.5 Å². The minimum Gasteiger partial charge on any atom is -0.309 e. The van der Waals surface area contributed by atoms with E-state index >= 15 is 0 Å². The zero-order valence-corrected chi connectivity index (χ0v) is 33.8. The molecule has 0 aliphatic carbocycles. The summed E-state index contributed by atoms with van der Waals surface area (Å²) in [6.45, 7) is 13.7. The molecule has 0 N–H and O–H groups in total. The second-order valence-electron chi connectivity index (χ2n) is 17.4. The second-order valence-corrected chi connectivity index (χ2v) is 17.4. The molecule has 0 saturated carbocycles. The number of nitrogens with zero attached hydrogens (tertiary/aromatic N) is 5. The Kier molecular flexibility index (Phi) is 8.20. The molecule has 58 heavy (non-hydrogen) atoms. The van der Waals surface area contributed by atoms with Crippen molar-refractivity contribution in [1.82, 2.24) is 24.1 Å². The number of para-hydroxylation sites is 1. The molecule has 282 valence electrons. The van der Waals surface area contributed by atoms with E-state index in [4.69, 9.17) is 15.0 Å². The highest BCUT2D eigenvalue weighted by molar-refractivity contribution is 6.26. The van der Waals surface area contributed by atoms with Crippen LogP contribution in [0.3, 0.4) is 0 Å². The quantitative estimate of drug-likeness (QED) is 0.176. The van der Waals surface area contributed by atoms with Gasteiger partial charge in [0, 0.05) is 38.4 Å². The second kappa shape index (κ2) is 13.4. The van der Waals surface area contributed by atoms with E-state index in [1.165, 1.54) is 49.3 Å². The molecule has 0 atom stereocenters. The van der Waals surface area contributed by atoms with Crippen LogP contribution in [0.2, 0.25) is 0 Å². The minimum atomic E-state index is -0.0585. The van der Waals surface area contributed by atoms with Gasteiger partial charge in [0.1, 0.15) is 0 Å². The van der Waals surface area contributed by atoms with Crippen molar-refractivity contribution in [3.8, 4) is 45.5 Å². The summed E-state index contributed by atoms with van der Waals surface area (Å²) in [4.78, 5) is 15.7. The Balaban J connectivity index is 1.31. The first-order valence-electron chi connectivity index (χ1n) is 20.1. The summed E-state index contributed by atoms with van der Waals surface area (Å²) in [5, 5.41) is 4.80. The number of aromatic nitrogens is 5. The van der Waals surface area contributed by atoms with Crippen molar-refractivity contribution < 1.29 is 0 Å². The van der Waals surface area contributed by atoms with E-state index < -0.39 is 0 Å². The third-order valence-corrected chi connectivity index (χ3v) is 11.5. The Hall–Kier alpha value is -6.85. The zero-order valence-electron chi connectivity index (χ0n) is 33.8. The van der Waals surface area contributed by atoms with Gasteiger partial charge in [-0.25, -0.2) is 4.98 Å². The maximum atomic E-state index is 5.32. The third-order valence-electron chi connectivity index (χ3n) is 11.5. The van der Waals surface area contributed by atoms with E-state index in [1.54, 1.807) is 0 Å². The summed E-state index contributed by atoms with van der Waals surface area (Å²) in [6, 6.07) is 58.5. The Labute approximate surface area is 339 Å². The first-order valence-corrected chi connectivity index (χ1v) is 20.1. The maximum absolute atomic E-state index is 5.32. The van der Waals surface area contributed by atoms with E-state index in [-0.39, 0.29) is 10.8 Å². The van der Waals surface area contributed by atoms with E-state index in [0.717, 1.165) is 33.4 Å². The molecule has 0 aliphatic rings. The summed E-state index contributed by atoms with van der Waals surface area (Å²) in [5.41, 5.74) is 12.3. The number of fused-ring (bicyclic) bond motifs is 7. The summed E-state index contributed by atoms with van der Waals surface area (Å²) in [5.74, 6) is 1.83. The largest absolute Gasteiger partial charge is 0.309 e. The highest BCUT2D eigenvalue weighted by atomic mass is 15.2. The SMILES string of the molecule is CC(C)(C)c1ccc2c(c1)c1c(ccc3c4cc(C(C)(C)C)ccc4n(-c4ccccc4)c31)n2-c1nc(-c2ccccc2)nc(-c2ccc(-c3ccccc3)cc2)n1. The summed E-state index contributed by atoms with van der Waals surface area (Å²) < 4.78 is 4.70. The van der Waals surface area contributed by atoms with Crippen LogP contribution in [-0.2, 0) is 10.8 Å². The van der Waals surface area contributed by atoms with Gasteiger partial charge in [0.15, 0.2) is 11.6 Å². The fourth-order valence-corrected chi connectivity index (χ4v) is 8.36. The van der Waals surface area contributed by atoms with Crippen LogP contribution in [0, 0.1) is 0 Å². The van der Waals surface area contributed by atoms with Gasteiger partial charge in [0.05, 0.1) is 22.1 Å². The molecule has 3 aromatic heterocycles. The van der Waals surface area contributed by atoms with Gasteiger partial charge in [-0.15, -0.1) is 0 Å². The van der Waals surface area contributed by atoms with Gasteiger partial charge >= 0.3 is 0 Å². The molecule has 5 heteroatoms. The molecule has 0 fully saturated rings. The van der Waals surface area contributed by atoms with Crippen LogP contribution in [0.15, 0.2) is 164 Å². The van der Waals surface area contributed by atoms with E-state index in [0.29, 0.717) is 17.6 Å². The Morgan fingerprint density at radius 3 is 1.43 bits per heavy atom. The predicted octanol–water partition coefficient (Wildman–Crippen LogP) is 13.7. The smallest absolute Gasteiger partial charge is 0.238 e.